The third-order valence-corrected chi connectivity index (χ3v) is 2.81. The summed E-state index contributed by atoms with van der Waals surface area (Å²) in [6.45, 7) is -1.29. The Kier molecular flexibility index (Phi) is 1.21. The van der Waals surface area contributed by atoms with Crippen LogP contribution in [-0.4, -0.2) is 41.4 Å². The highest BCUT2D eigenvalue weighted by Crippen LogP contribution is 2.39. The number of alkyl halides is 1. The fourth-order valence-electron chi connectivity index (χ4n) is 2.27. The predicted molar refractivity (Wildman–Crippen MR) is 40.1 cm³/mol. The maximum absolute atomic E-state index is 13.1. The first-order valence-corrected chi connectivity index (χ1v) is 4.07. The molecule has 2 heterocycles. The van der Waals surface area contributed by atoms with Crippen molar-refractivity contribution in [3.05, 3.63) is 0 Å². The highest BCUT2D eigenvalue weighted by Gasteiger charge is 2.47. The van der Waals surface area contributed by atoms with E-state index < -0.39 is 18.3 Å². The molecule has 0 aromatic carbocycles. The molecule has 0 saturated carbocycles. The van der Waals surface area contributed by atoms with Gasteiger partial charge >= 0.3 is 0 Å². The molecule has 2 nitrogen and oxygen atoms in total. The third-order valence-electron chi connectivity index (χ3n) is 2.81. The Hall–Kier alpha value is -0.150. The summed E-state index contributed by atoms with van der Waals surface area (Å²) in [4.78, 5) is 1.76. The topological polar surface area (TPSA) is 23.5 Å². The molecule has 2 aliphatic rings. The molecule has 0 aliphatic carbocycles. The second kappa shape index (κ2) is 2.42. The van der Waals surface area contributed by atoms with E-state index in [-0.39, 0.29) is 13.0 Å². The molecular weight excluding hydrogens is 145 g/mol. The van der Waals surface area contributed by atoms with Crippen LogP contribution in [0.4, 0.5) is 4.39 Å². The first-order chi connectivity index (χ1) is 5.96. The number of aliphatic hydroxyl groups is 1. The van der Waals surface area contributed by atoms with Crippen LogP contribution in [0.1, 0.15) is 22.0 Å². The Balaban J connectivity index is 2.28. The van der Waals surface area contributed by atoms with E-state index in [1.54, 1.807) is 4.90 Å². The number of nitrogens with zero attached hydrogens (tertiary/aromatic N) is 1. The predicted octanol–water partition coefficient (Wildman–Crippen LogP) is 0.555. The number of hydrogen-bond acceptors (Lipinski definition) is 2. The van der Waals surface area contributed by atoms with Crippen LogP contribution in [0.25, 0.3) is 0 Å². The minimum absolute atomic E-state index is 0.135. The van der Waals surface area contributed by atoms with Crippen LogP contribution in [0.3, 0.4) is 0 Å². The molecule has 0 bridgehead atoms. The molecule has 2 fully saturated rings. The molecule has 0 unspecified atom stereocenters. The summed E-state index contributed by atoms with van der Waals surface area (Å²) in [5.74, 6) is 0. The van der Waals surface area contributed by atoms with Crippen molar-refractivity contribution in [2.45, 2.75) is 31.0 Å². The van der Waals surface area contributed by atoms with Gasteiger partial charge in [-0.25, -0.2) is 4.39 Å². The Labute approximate surface area is 68.8 Å². The minimum atomic E-state index is -2.27. The van der Waals surface area contributed by atoms with E-state index in [2.05, 4.69) is 0 Å². The molecule has 0 aromatic rings. The van der Waals surface area contributed by atoms with Crippen molar-refractivity contribution in [3.8, 4) is 0 Å². The third kappa shape index (κ3) is 0.983. The number of hydrogen-bond donors (Lipinski definition) is 1. The van der Waals surface area contributed by atoms with E-state index >= 15 is 0 Å². The summed E-state index contributed by atoms with van der Waals surface area (Å²) in [5, 5.41) is 9.42. The van der Waals surface area contributed by atoms with Crippen molar-refractivity contribution in [3.63, 3.8) is 0 Å². The molecule has 2 aliphatic heterocycles. The Morgan fingerprint density at radius 1 is 1.82 bits per heavy atom. The normalized spacial score (nSPS) is 48.7. The van der Waals surface area contributed by atoms with Gasteiger partial charge in [-0.15, -0.1) is 0 Å². The van der Waals surface area contributed by atoms with E-state index in [0.717, 1.165) is 6.42 Å². The smallest absolute Gasteiger partial charge is 0.115 e. The van der Waals surface area contributed by atoms with Crippen LogP contribution in [0.5, 0.6) is 0 Å². The average molecular weight is 161 g/mol. The van der Waals surface area contributed by atoms with E-state index in [9.17, 15) is 9.50 Å². The first-order valence-electron chi connectivity index (χ1n) is 5.07. The first kappa shape index (κ1) is 5.49. The molecule has 0 amide bonds. The zero-order valence-electron chi connectivity index (χ0n) is 8.39. The number of fused-ring (bicyclic) bond motifs is 1. The zero-order valence-corrected chi connectivity index (χ0v) is 6.39. The maximum Gasteiger partial charge on any atom is 0.115 e. The number of halogens is 1. The molecule has 64 valence electrons. The summed E-state index contributed by atoms with van der Waals surface area (Å²) >= 11 is 0. The fraction of sp³-hybridized carbons (Fsp3) is 1.00. The minimum Gasteiger partial charge on any atom is -0.394 e. The van der Waals surface area contributed by atoms with E-state index in [0.29, 0.717) is 13.0 Å². The summed E-state index contributed by atoms with van der Waals surface area (Å²) < 4.78 is 27.8. The zero-order chi connectivity index (χ0) is 9.69. The second-order valence-corrected chi connectivity index (χ2v) is 3.49. The maximum atomic E-state index is 13.1. The van der Waals surface area contributed by atoms with Crippen molar-refractivity contribution < 1.29 is 12.2 Å². The largest absolute Gasteiger partial charge is 0.394 e. The van der Waals surface area contributed by atoms with Crippen molar-refractivity contribution >= 4 is 0 Å². The lowest BCUT2D eigenvalue weighted by atomic mass is 9.95. The van der Waals surface area contributed by atoms with Gasteiger partial charge in [-0.3, -0.25) is 4.90 Å². The molecule has 11 heavy (non-hydrogen) atoms. The summed E-state index contributed by atoms with van der Waals surface area (Å²) in [7, 11) is 0. The van der Waals surface area contributed by atoms with Gasteiger partial charge in [0.05, 0.1) is 9.30 Å². The molecular formula is C8H14FNO. The standard InChI is InChI=1S/C8H14FNO/c9-7-4-8(6-11)2-1-3-10(8)5-7/h7,11H,1-6H2/t7-,8+/m0/s1/i6D2. The van der Waals surface area contributed by atoms with E-state index in [1.165, 1.54) is 0 Å². The van der Waals surface area contributed by atoms with Gasteiger partial charge in [-0.05, 0) is 19.4 Å². The molecule has 2 atom stereocenters. The molecule has 3 heteroatoms. The Morgan fingerprint density at radius 2 is 2.64 bits per heavy atom. The van der Waals surface area contributed by atoms with Gasteiger partial charge in [-0.1, -0.05) is 0 Å². The fourth-order valence-corrected chi connectivity index (χ4v) is 2.27. The van der Waals surface area contributed by atoms with Crippen LogP contribution in [0, 0.1) is 0 Å². The van der Waals surface area contributed by atoms with Crippen LogP contribution in [-0.2, 0) is 0 Å². The number of rotatable bonds is 1. The van der Waals surface area contributed by atoms with Crippen molar-refractivity contribution in [2.75, 3.05) is 19.6 Å². The summed E-state index contributed by atoms with van der Waals surface area (Å²) in [6.07, 6.45) is 0.572. The van der Waals surface area contributed by atoms with Crippen molar-refractivity contribution in [1.29, 1.82) is 0 Å². The van der Waals surface area contributed by atoms with Gasteiger partial charge in [0.1, 0.15) is 6.17 Å². The van der Waals surface area contributed by atoms with Crippen LogP contribution in [0.2, 0.25) is 0 Å². The van der Waals surface area contributed by atoms with Crippen molar-refractivity contribution in [2.24, 2.45) is 0 Å². The van der Waals surface area contributed by atoms with Gasteiger partial charge < -0.3 is 5.11 Å². The van der Waals surface area contributed by atoms with Crippen molar-refractivity contribution in [1.82, 2.24) is 4.90 Å². The van der Waals surface area contributed by atoms with Gasteiger partial charge in [0, 0.05) is 18.5 Å². The van der Waals surface area contributed by atoms with Gasteiger partial charge in [-0.2, -0.15) is 0 Å². The summed E-state index contributed by atoms with van der Waals surface area (Å²) in [5.41, 5.74) is -0.938. The summed E-state index contributed by atoms with van der Waals surface area (Å²) in [6, 6.07) is 0. The van der Waals surface area contributed by atoms with Crippen LogP contribution >= 0.6 is 0 Å². The molecule has 0 radical (unpaired) electrons. The molecule has 1 N–H and O–H groups in total. The van der Waals surface area contributed by atoms with E-state index in [1.807, 2.05) is 0 Å². The van der Waals surface area contributed by atoms with Gasteiger partial charge in [0.25, 0.3) is 0 Å². The van der Waals surface area contributed by atoms with E-state index in [4.69, 9.17) is 2.74 Å². The lowest BCUT2D eigenvalue weighted by Crippen LogP contribution is -2.41. The average Bonchev–Trinajstić information content (AvgIpc) is 2.40. The molecule has 2 rings (SSSR count). The Morgan fingerprint density at radius 3 is 3.27 bits per heavy atom. The lowest BCUT2D eigenvalue weighted by Gasteiger charge is -2.28. The highest BCUT2D eigenvalue weighted by molar-refractivity contribution is 5.03. The SMILES string of the molecule is [2H]C([2H])(O)[C@]12CCCN1C[C@@H](F)C2. The monoisotopic (exact) mass is 161 g/mol. The lowest BCUT2D eigenvalue weighted by molar-refractivity contribution is 0.0996. The molecule has 2 saturated heterocycles. The van der Waals surface area contributed by atoms with Crippen LogP contribution in [0.15, 0.2) is 0 Å². The molecule has 0 aromatic heterocycles. The Bertz CT molecular complexity index is 221. The van der Waals surface area contributed by atoms with Gasteiger partial charge in [0.15, 0.2) is 0 Å². The highest BCUT2D eigenvalue weighted by atomic mass is 19.1. The second-order valence-electron chi connectivity index (χ2n) is 3.49. The molecule has 0 spiro atoms. The van der Waals surface area contributed by atoms with Gasteiger partial charge in [0.2, 0.25) is 0 Å². The quantitative estimate of drug-likeness (QED) is 0.607. The van der Waals surface area contributed by atoms with Crippen LogP contribution < -0.4 is 0 Å².